The van der Waals surface area contributed by atoms with Gasteiger partial charge < -0.3 is 34.3 Å². The predicted octanol–water partition coefficient (Wildman–Crippen LogP) is 3.11. The Bertz CT molecular complexity index is 968. The van der Waals surface area contributed by atoms with E-state index in [1.165, 1.54) is 0 Å². The van der Waals surface area contributed by atoms with Crippen molar-refractivity contribution in [3.63, 3.8) is 0 Å². The van der Waals surface area contributed by atoms with Crippen molar-refractivity contribution in [2.45, 2.75) is 121 Å². The molecule has 0 unspecified atom stereocenters. The van der Waals surface area contributed by atoms with Gasteiger partial charge in [-0.05, 0) is 80.6 Å². The molecule has 1 saturated heterocycles. The van der Waals surface area contributed by atoms with E-state index in [1.807, 2.05) is 6.92 Å². The van der Waals surface area contributed by atoms with Gasteiger partial charge in [-0.2, -0.15) is 0 Å². The molecule has 8 nitrogen and oxygen atoms in total. The monoisotopic (exact) mass is 534 g/mol. The number of hydrogen-bond donors (Lipinski definition) is 3. The van der Waals surface area contributed by atoms with E-state index in [2.05, 4.69) is 13.8 Å². The molecule has 5 fully saturated rings. The second kappa shape index (κ2) is 9.52. The molecule has 38 heavy (non-hydrogen) atoms. The van der Waals surface area contributed by atoms with E-state index in [-0.39, 0.29) is 54.4 Å². The summed E-state index contributed by atoms with van der Waals surface area (Å²) >= 11 is 0. The van der Waals surface area contributed by atoms with Crippen molar-refractivity contribution >= 4 is 5.97 Å². The average molecular weight is 535 g/mol. The van der Waals surface area contributed by atoms with Crippen LogP contribution in [0.5, 0.6) is 0 Å². The molecule has 3 N–H and O–H groups in total. The standard InChI is InChI=1S/C30H46O8/c1-16-27(33)23(35-4)13-25(37-16)38-19-7-9-28(2)18(12-19)5-6-21-20(28)8-10-29(3)26(17-11-24(32)36-15-17)22(31)14-30(21,29)34/h11,16,18-23,25-27,31,33-34H,5-10,12-15H2,1-4H3/t16-,18-,19+,20+,21-,22+,23+,25+,26+,27+,28+,29-,30+/m1/s1. The molecule has 0 amide bonds. The minimum absolute atomic E-state index is 0.121. The number of carbonyl (C=O) groups excluding carboxylic acids is 1. The highest BCUT2D eigenvalue weighted by Crippen LogP contribution is 2.70. The third-order valence-electron chi connectivity index (χ3n) is 12.2. The van der Waals surface area contributed by atoms with E-state index in [4.69, 9.17) is 18.9 Å². The van der Waals surface area contributed by atoms with Gasteiger partial charge in [-0.25, -0.2) is 4.79 Å². The highest BCUT2D eigenvalue weighted by atomic mass is 16.7. The maximum Gasteiger partial charge on any atom is 0.331 e. The second-order valence-corrected chi connectivity index (χ2v) is 13.8. The lowest BCUT2D eigenvalue weighted by molar-refractivity contribution is -0.273. The molecule has 6 aliphatic rings. The summed E-state index contributed by atoms with van der Waals surface area (Å²) in [5.74, 6) is 0.493. The van der Waals surface area contributed by atoms with Crippen LogP contribution in [0.25, 0.3) is 0 Å². The number of esters is 1. The molecule has 0 aromatic carbocycles. The van der Waals surface area contributed by atoms with E-state index in [1.54, 1.807) is 13.2 Å². The number of carbonyl (C=O) groups is 1. The Labute approximate surface area is 226 Å². The lowest BCUT2D eigenvalue weighted by Crippen LogP contribution is -2.62. The zero-order valence-electron chi connectivity index (χ0n) is 23.3. The molecule has 4 saturated carbocycles. The van der Waals surface area contributed by atoms with Gasteiger partial charge in [0.05, 0.1) is 30.0 Å². The lowest BCUT2D eigenvalue weighted by atomic mass is 9.43. The van der Waals surface area contributed by atoms with Crippen LogP contribution in [-0.2, 0) is 23.7 Å². The van der Waals surface area contributed by atoms with Gasteiger partial charge in [0.25, 0.3) is 0 Å². The first-order valence-corrected chi connectivity index (χ1v) is 14.8. The van der Waals surface area contributed by atoms with Crippen LogP contribution in [0.1, 0.15) is 78.6 Å². The number of ether oxygens (including phenoxy) is 4. The van der Waals surface area contributed by atoms with Gasteiger partial charge in [-0.1, -0.05) is 13.8 Å². The molecule has 6 rings (SSSR count). The topological polar surface area (TPSA) is 115 Å². The first kappa shape index (κ1) is 27.2. The molecule has 0 aromatic heterocycles. The SMILES string of the molecule is CO[C@H]1C[C@H](O[C@H]2CC[C@@]3(C)[C@H](CC[C@@H]4[C@@H]3CC[C@]3(C)[C@@H](C5=CC(=O)OC5)[C@@H](O)C[C@]43O)C2)O[C@H](C)[C@@H]1O. The molecule has 4 aliphatic carbocycles. The fourth-order valence-corrected chi connectivity index (χ4v) is 10.1. The summed E-state index contributed by atoms with van der Waals surface area (Å²) < 4.78 is 23.1. The van der Waals surface area contributed by atoms with Gasteiger partial charge in [0.2, 0.25) is 0 Å². The Kier molecular flexibility index (Phi) is 6.80. The number of hydrogen-bond acceptors (Lipinski definition) is 8. The smallest absolute Gasteiger partial charge is 0.331 e. The summed E-state index contributed by atoms with van der Waals surface area (Å²) in [6, 6.07) is 0. The minimum Gasteiger partial charge on any atom is -0.458 e. The summed E-state index contributed by atoms with van der Waals surface area (Å²) in [6.45, 7) is 6.67. The summed E-state index contributed by atoms with van der Waals surface area (Å²) in [6.07, 6.45) is 7.17. The van der Waals surface area contributed by atoms with Gasteiger partial charge in [0, 0.05) is 37.4 Å². The fourth-order valence-electron chi connectivity index (χ4n) is 10.1. The first-order chi connectivity index (χ1) is 18.0. The van der Waals surface area contributed by atoms with Crippen LogP contribution in [0.3, 0.4) is 0 Å². The Morgan fingerprint density at radius 2 is 1.84 bits per heavy atom. The zero-order chi connectivity index (χ0) is 27.0. The summed E-state index contributed by atoms with van der Waals surface area (Å²) in [5.41, 5.74) is -0.440. The van der Waals surface area contributed by atoms with Crippen LogP contribution in [0, 0.1) is 34.5 Å². The molecule has 0 bridgehead atoms. The molecule has 214 valence electrons. The average Bonchev–Trinajstić information content (AvgIpc) is 3.37. The highest BCUT2D eigenvalue weighted by Gasteiger charge is 2.70. The van der Waals surface area contributed by atoms with Gasteiger partial charge in [-0.15, -0.1) is 0 Å². The van der Waals surface area contributed by atoms with E-state index in [0.717, 1.165) is 50.5 Å². The number of fused-ring (bicyclic) bond motifs is 5. The highest BCUT2D eigenvalue weighted by molar-refractivity contribution is 5.85. The number of cyclic esters (lactones) is 1. The van der Waals surface area contributed by atoms with Crippen LogP contribution in [-0.4, -0.2) is 77.4 Å². The maximum absolute atomic E-state index is 12.4. The van der Waals surface area contributed by atoms with Crippen LogP contribution >= 0.6 is 0 Å². The van der Waals surface area contributed by atoms with E-state index >= 15 is 0 Å². The maximum atomic E-state index is 12.4. The number of aliphatic hydroxyl groups excluding tert-OH is 2. The van der Waals surface area contributed by atoms with Crippen LogP contribution in [0.2, 0.25) is 0 Å². The molecule has 0 aromatic rings. The first-order valence-electron chi connectivity index (χ1n) is 14.8. The van der Waals surface area contributed by atoms with Gasteiger partial charge in [0.15, 0.2) is 6.29 Å². The van der Waals surface area contributed by atoms with E-state index in [9.17, 15) is 20.1 Å². The summed E-state index contributed by atoms with van der Waals surface area (Å²) in [7, 11) is 1.63. The Balaban J connectivity index is 1.16. The zero-order valence-corrected chi connectivity index (χ0v) is 23.3. The largest absolute Gasteiger partial charge is 0.458 e. The Hall–Kier alpha value is -1.03. The predicted molar refractivity (Wildman–Crippen MR) is 138 cm³/mol. The Morgan fingerprint density at radius 1 is 1.05 bits per heavy atom. The third-order valence-corrected chi connectivity index (χ3v) is 12.2. The van der Waals surface area contributed by atoms with Gasteiger partial charge in [-0.3, -0.25) is 0 Å². The van der Waals surface area contributed by atoms with Crippen LogP contribution in [0.4, 0.5) is 0 Å². The number of aliphatic hydroxyl groups is 3. The second-order valence-electron chi connectivity index (χ2n) is 13.8. The molecule has 13 atom stereocenters. The van der Waals surface area contributed by atoms with Crippen molar-refractivity contribution in [2.75, 3.05) is 13.7 Å². The molecule has 8 heteroatoms. The van der Waals surface area contributed by atoms with Crippen LogP contribution in [0.15, 0.2) is 11.6 Å². The normalized spacial score (nSPS) is 54.5. The van der Waals surface area contributed by atoms with Gasteiger partial charge in [0.1, 0.15) is 12.7 Å². The molecule has 2 aliphatic heterocycles. The molecular weight excluding hydrogens is 488 g/mol. The van der Waals surface area contributed by atoms with Crippen molar-refractivity contribution in [3.8, 4) is 0 Å². The van der Waals surface area contributed by atoms with Crippen molar-refractivity contribution in [2.24, 2.45) is 34.5 Å². The van der Waals surface area contributed by atoms with E-state index in [0.29, 0.717) is 24.7 Å². The van der Waals surface area contributed by atoms with Crippen molar-refractivity contribution in [3.05, 3.63) is 11.6 Å². The molecule has 0 radical (unpaired) electrons. The van der Waals surface area contributed by atoms with Crippen molar-refractivity contribution in [1.82, 2.24) is 0 Å². The fraction of sp³-hybridized carbons (Fsp3) is 0.900. The third kappa shape index (κ3) is 3.96. The summed E-state index contributed by atoms with van der Waals surface area (Å²) in [5, 5.41) is 33.9. The van der Waals surface area contributed by atoms with Crippen molar-refractivity contribution < 1.29 is 39.1 Å². The minimum atomic E-state index is -0.949. The summed E-state index contributed by atoms with van der Waals surface area (Å²) in [4.78, 5) is 11.8. The number of methoxy groups -OCH3 is 1. The molecule has 2 heterocycles. The van der Waals surface area contributed by atoms with Gasteiger partial charge >= 0.3 is 5.97 Å². The Morgan fingerprint density at radius 3 is 2.55 bits per heavy atom. The molecule has 0 spiro atoms. The quantitative estimate of drug-likeness (QED) is 0.372. The lowest BCUT2D eigenvalue weighted by Gasteiger charge is -2.63. The molecular formula is C30H46O8. The number of rotatable bonds is 4. The van der Waals surface area contributed by atoms with E-state index < -0.39 is 23.2 Å². The van der Waals surface area contributed by atoms with Crippen LogP contribution < -0.4 is 0 Å². The van der Waals surface area contributed by atoms with Crippen molar-refractivity contribution in [1.29, 1.82) is 0 Å².